The lowest BCUT2D eigenvalue weighted by Gasteiger charge is -2.27. The third-order valence-electron chi connectivity index (χ3n) is 4.26. The summed E-state index contributed by atoms with van der Waals surface area (Å²) < 4.78 is 16.1. The van der Waals surface area contributed by atoms with Crippen LogP contribution in [0, 0.1) is 5.92 Å². The summed E-state index contributed by atoms with van der Waals surface area (Å²) in [5.41, 5.74) is 0. The van der Waals surface area contributed by atoms with Gasteiger partial charge in [-0.15, -0.1) is 0 Å². The molecule has 0 aromatic rings. The molecule has 0 aromatic carbocycles. The average Bonchev–Trinajstić information content (AvgIpc) is 2.93. The molecule has 2 fully saturated rings. The number of hydrogen-bond donors (Lipinski definition) is 1. The molecule has 0 spiro atoms. The summed E-state index contributed by atoms with van der Waals surface area (Å²) in [6.07, 6.45) is 5.33. The molecular weight excluding hydrogens is 246 g/mol. The Morgan fingerprint density at radius 3 is 2.47 bits per heavy atom. The van der Waals surface area contributed by atoms with Gasteiger partial charge >= 0.3 is 5.97 Å². The molecule has 19 heavy (non-hydrogen) atoms. The third kappa shape index (κ3) is 4.16. The number of carbonyl (C=O) groups excluding carboxylic acids is 1. The number of carbonyl (C=O) groups is 1. The van der Waals surface area contributed by atoms with Crippen LogP contribution in [0.15, 0.2) is 0 Å². The Labute approximate surface area is 115 Å². The van der Waals surface area contributed by atoms with Crippen LogP contribution in [-0.4, -0.2) is 51.6 Å². The second-order valence-electron chi connectivity index (χ2n) is 5.53. The van der Waals surface area contributed by atoms with E-state index in [0.717, 1.165) is 45.3 Å². The van der Waals surface area contributed by atoms with Crippen molar-refractivity contribution in [2.45, 2.75) is 50.4 Å². The fourth-order valence-electron chi connectivity index (χ4n) is 2.97. The molecule has 5 nitrogen and oxygen atoms in total. The molecule has 2 rings (SSSR count). The Bertz CT molecular complexity index is 289. The lowest BCUT2D eigenvalue weighted by molar-refractivity contribution is -0.147. The molecule has 1 aliphatic carbocycles. The van der Waals surface area contributed by atoms with E-state index in [2.05, 4.69) is 5.32 Å². The highest BCUT2D eigenvalue weighted by atomic mass is 16.5. The molecule has 0 aromatic heterocycles. The van der Waals surface area contributed by atoms with E-state index in [4.69, 9.17) is 14.2 Å². The molecule has 2 aliphatic rings. The predicted octanol–water partition coefficient (Wildman–Crippen LogP) is 1.11. The van der Waals surface area contributed by atoms with Gasteiger partial charge in [-0.05, 0) is 32.1 Å². The zero-order chi connectivity index (χ0) is 13.7. The largest absolute Gasteiger partial charge is 0.469 e. The van der Waals surface area contributed by atoms with Crippen molar-refractivity contribution in [2.24, 2.45) is 5.92 Å². The third-order valence-corrected chi connectivity index (χ3v) is 4.26. The van der Waals surface area contributed by atoms with E-state index < -0.39 is 0 Å². The quantitative estimate of drug-likeness (QED) is 0.759. The summed E-state index contributed by atoms with van der Waals surface area (Å²) in [5.74, 6) is 0.00572. The van der Waals surface area contributed by atoms with Crippen LogP contribution >= 0.6 is 0 Å². The van der Waals surface area contributed by atoms with E-state index in [1.165, 1.54) is 7.11 Å². The Hall–Kier alpha value is -0.650. The first-order valence-electron chi connectivity index (χ1n) is 7.18. The molecule has 1 saturated carbocycles. The monoisotopic (exact) mass is 271 g/mol. The van der Waals surface area contributed by atoms with Crippen molar-refractivity contribution >= 4 is 5.97 Å². The van der Waals surface area contributed by atoms with Crippen molar-refractivity contribution in [3.8, 4) is 0 Å². The van der Waals surface area contributed by atoms with Crippen LogP contribution in [0.2, 0.25) is 0 Å². The van der Waals surface area contributed by atoms with Gasteiger partial charge in [0.15, 0.2) is 0 Å². The minimum atomic E-state index is -0.0705. The Morgan fingerprint density at radius 1 is 1.16 bits per heavy atom. The van der Waals surface area contributed by atoms with E-state index in [1.54, 1.807) is 7.11 Å². The molecule has 0 radical (unpaired) electrons. The first-order valence-corrected chi connectivity index (χ1v) is 7.18. The van der Waals surface area contributed by atoms with Crippen LogP contribution in [-0.2, 0) is 19.0 Å². The van der Waals surface area contributed by atoms with E-state index >= 15 is 0 Å². The van der Waals surface area contributed by atoms with Gasteiger partial charge in [-0.3, -0.25) is 4.79 Å². The number of nitrogens with one attached hydrogen (secondary N) is 1. The van der Waals surface area contributed by atoms with E-state index in [0.29, 0.717) is 18.2 Å². The number of ether oxygens (including phenoxy) is 3. The highest BCUT2D eigenvalue weighted by molar-refractivity contribution is 5.72. The van der Waals surface area contributed by atoms with Crippen LogP contribution in [0.5, 0.6) is 0 Å². The molecule has 5 heteroatoms. The lowest BCUT2D eigenvalue weighted by atomic mass is 9.87. The molecule has 0 bridgehead atoms. The summed E-state index contributed by atoms with van der Waals surface area (Å²) in [5, 5.41) is 3.41. The maximum absolute atomic E-state index is 11.4. The average molecular weight is 271 g/mol. The van der Waals surface area contributed by atoms with Crippen molar-refractivity contribution in [1.29, 1.82) is 0 Å². The molecule has 1 heterocycles. The first-order chi connectivity index (χ1) is 9.22. The Balaban J connectivity index is 1.62. The second-order valence-corrected chi connectivity index (χ2v) is 5.53. The highest BCUT2D eigenvalue weighted by Crippen LogP contribution is 2.27. The van der Waals surface area contributed by atoms with Gasteiger partial charge in [0.1, 0.15) is 0 Å². The van der Waals surface area contributed by atoms with Gasteiger partial charge in [0, 0.05) is 19.7 Å². The summed E-state index contributed by atoms with van der Waals surface area (Å²) in [7, 11) is 3.21. The Kier molecular flexibility index (Phi) is 5.60. The first kappa shape index (κ1) is 14.8. The number of rotatable bonds is 5. The summed E-state index contributed by atoms with van der Waals surface area (Å²) in [6.45, 7) is 1.66. The Morgan fingerprint density at radius 2 is 1.89 bits per heavy atom. The van der Waals surface area contributed by atoms with E-state index in [1.807, 2.05) is 0 Å². The van der Waals surface area contributed by atoms with Gasteiger partial charge in [-0.25, -0.2) is 0 Å². The van der Waals surface area contributed by atoms with Gasteiger partial charge in [-0.2, -0.15) is 0 Å². The standard InChI is InChI=1S/C14H25NO4/c1-17-13-7-11(15-8-13)9-19-12-5-3-10(4-6-12)14(16)18-2/h10-13,15H,3-9H2,1-2H3/t10?,11-,12?,13-/m0/s1. The van der Waals surface area contributed by atoms with E-state index in [-0.39, 0.29) is 11.9 Å². The fraction of sp³-hybridized carbons (Fsp3) is 0.929. The van der Waals surface area contributed by atoms with Gasteiger partial charge in [0.25, 0.3) is 0 Å². The molecule has 1 saturated heterocycles. The lowest BCUT2D eigenvalue weighted by Crippen LogP contribution is -2.32. The maximum Gasteiger partial charge on any atom is 0.308 e. The van der Waals surface area contributed by atoms with Crippen molar-refractivity contribution in [2.75, 3.05) is 27.4 Å². The predicted molar refractivity (Wildman–Crippen MR) is 70.9 cm³/mol. The minimum Gasteiger partial charge on any atom is -0.469 e. The van der Waals surface area contributed by atoms with Crippen molar-refractivity contribution in [3.05, 3.63) is 0 Å². The number of esters is 1. The molecular formula is C14H25NO4. The maximum atomic E-state index is 11.4. The van der Waals surface area contributed by atoms with Crippen molar-refractivity contribution < 1.29 is 19.0 Å². The van der Waals surface area contributed by atoms with Crippen LogP contribution in [0.4, 0.5) is 0 Å². The molecule has 0 amide bonds. The number of hydrogen-bond acceptors (Lipinski definition) is 5. The van der Waals surface area contributed by atoms with Crippen molar-refractivity contribution in [3.63, 3.8) is 0 Å². The van der Waals surface area contributed by atoms with Crippen molar-refractivity contribution in [1.82, 2.24) is 5.32 Å². The summed E-state index contributed by atoms with van der Waals surface area (Å²) in [6, 6.07) is 0.406. The van der Waals surface area contributed by atoms with Gasteiger partial charge in [0.05, 0.1) is 31.8 Å². The smallest absolute Gasteiger partial charge is 0.308 e. The SMILES string of the molecule is COC(=O)C1CCC(OC[C@@H]2C[C@H](OC)CN2)CC1. The van der Waals surface area contributed by atoms with Crippen LogP contribution < -0.4 is 5.32 Å². The van der Waals surface area contributed by atoms with E-state index in [9.17, 15) is 4.79 Å². The molecule has 0 unspecified atom stereocenters. The molecule has 1 aliphatic heterocycles. The molecule has 1 N–H and O–H groups in total. The summed E-state index contributed by atoms with van der Waals surface area (Å²) >= 11 is 0. The number of methoxy groups -OCH3 is 2. The van der Waals surface area contributed by atoms with Gasteiger partial charge < -0.3 is 19.5 Å². The second kappa shape index (κ2) is 7.22. The van der Waals surface area contributed by atoms with Crippen LogP contribution in [0.25, 0.3) is 0 Å². The summed E-state index contributed by atoms with van der Waals surface area (Å²) in [4.78, 5) is 11.4. The van der Waals surface area contributed by atoms with Crippen LogP contribution in [0.3, 0.4) is 0 Å². The molecule has 110 valence electrons. The van der Waals surface area contributed by atoms with Gasteiger partial charge in [-0.1, -0.05) is 0 Å². The fourth-order valence-corrected chi connectivity index (χ4v) is 2.97. The highest BCUT2D eigenvalue weighted by Gasteiger charge is 2.29. The van der Waals surface area contributed by atoms with Gasteiger partial charge in [0.2, 0.25) is 0 Å². The van der Waals surface area contributed by atoms with Crippen LogP contribution in [0.1, 0.15) is 32.1 Å². The molecule has 2 atom stereocenters. The zero-order valence-corrected chi connectivity index (χ0v) is 11.9. The zero-order valence-electron chi connectivity index (χ0n) is 11.9. The normalized spacial score (nSPS) is 35.3. The minimum absolute atomic E-state index is 0.0705. The topological polar surface area (TPSA) is 56.8 Å².